The van der Waals surface area contributed by atoms with Crippen molar-refractivity contribution >= 4 is 17.6 Å². The normalized spacial score (nSPS) is 9.18. The molecule has 1 N–H and O–H groups in total. The SMILES string of the molecule is [C-]#[N+]CC(=O)Nc1ccccc1C(=O)OCC. The molecular weight excluding hydrogens is 220 g/mol. The third-order valence-corrected chi connectivity index (χ3v) is 1.92. The number of anilines is 1. The molecule has 0 fully saturated rings. The largest absolute Gasteiger partial charge is 0.462 e. The third kappa shape index (κ3) is 3.61. The Kier molecular flexibility index (Phi) is 4.70. The maximum absolute atomic E-state index is 11.6. The van der Waals surface area contributed by atoms with E-state index in [0.717, 1.165) is 0 Å². The minimum atomic E-state index is -0.494. The van der Waals surface area contributed by atoms with Crippen molar-refractivity contribution < 1.29 is 14.3 Å². The van der Waals surface area contributed by atoms with Crippen molar-refractivity contribution in [1.29, 1.82) is 0 Å². The summed E-state index contributed by atoms with van der Waals surface area (Å²) in [5.41, 5.74) is 0.646. The van der Waals surface area contributed by atoms with Crippen LogP contribution >= 0.6 is 0 Å². The molecule has 5 nitrogen and oxygen atoms in total. The lowest BCUT2D eigenvalue weighted by Gasteiger charge is -2.08. The van der Waals surface area contributed by atoms with Gasteiger partial charge in [0.25, 0.3) is 6.54 Å². The quantitative estimate of drug-likeness (QED) is 0.635. The molecule has 0 aliphatic heterocycles. The van der Waals surface area contributed by atoms with E-state index >= 15 is 0 Å². The van der Waals surface area contributed by atoms with Gasteiger partial charge in [-0.25, -0.2) is 11.4 Å². The Morgan fingerprint density at radius 3 is 2.76 bits per heavy atom. The molecule has 0 aromatic heterocycles. The summed E-state index contributed by atoms with van der Waals surface area (Å²) < 4.78 is 4.86. The molecule has 1 aromatic rings. The molecule has 0 unspecified atom stereocenters. The summed E-state index contributed by atoms with van der Waals surface area (Å²) in [4.78, 5) is 25.8. The summed E-state index contributed by atoms with van der Waals surface area (Å²) in [6.07, 6.45) is 0. The number of para-hydroxylation sites is 1. The van der Waals surface area contributed by atoms with Gasteiger partial charge in [0.2, 0.25) is 0 Å². The fourth-order valence-corrected chi connectivity index (χ4v) is 1.24. The van der Waals surface area contributed by atoms with Gasteiger partial charge in [-0.3, -0.25) is 4.79 Å². The Balaban J connectivity index is 2.89. The van der Waals surface area contributed by atoms with Crippen molar-refractivity contribution in [2.75, 3.05) is 18.5 Å². The van der Waals surface area contributed by atoms with Crippen LogP contribution in [0, 0.1) is 6.57 Å². The molecule has 0 aliphatic rings. The number of amides is 1. The van der Waals surface area contributed by atoms with E-state index in [1.54, 1.807) is 31.2 Å². The Labute approximate surface area is 99.2 Å². The highest BCUT2D eigenvalue weighted by atomic mass is 16.5. The molecule has 0 radical (unpaired) electrons. The molecule has 88 valence electrons. The summed E-state index contributed by atoms with van der Waals surface area (Å²) in [5, 5.41) is 2.50. The molecule has 17 heavy (non-hydrogen) atoms. The molecule has 1 aromatic carbocycles. The van der Waals surface area contributed by atoms with Gasteiger partial charge >= 0.3 is 11.9 Å². The summed E-state index contributed by atoms with van der Waals surface area (Å²) in [6.45, 7) is 8.28. The number of nitrogens with zero attached hydrogens (tertiary/aromatic N) is 1. The number of rotatable bonds is 4. The van der Waals surface area contributed by atoms with Crippen LogP contribution in [0.2, 0.25) is 0 Å². The third-order valence-electron chi connectivity index (χ3n) is 1.92. The first-order chi connectivity index (χ1) is 8.19. The summed E-state index contributed by atoms with van der Waals surface area (Å²) in [5.74, 6) is -0.942. The molecule has 0 atom stereocenters. The summed E-state index contributed by atoms with van der Waals surface area (Å²) in [7, 11) is 0. The van der Waals surface area contributed by atoms with Gasteiger partial charge in [-0.2, -0.15) is 0 Å². The fourth-order valence-electron chi connectivity index (χ4n) is 1.24. The monoisotopic (exact) mass is 232 g/mol. The van der Waals surface area contributed by atoms with Crippen LogP contribution in [0.25, 0.3) is 4.85 Å². The van der Waals surface area contributed by atoms with Gasteiger partial charge in [0.05, 0.1) is 17.9 Å². The lowest BCUT2D eigenvalue weighted by molar-refractivity contribution is -0.114. The van der Waals surface area contributed by atoms with E-state index in [0.29, 0.717) is 5.69 Å². The number of hydrogen-bond donors (Lipinski definition) is 1. The molecule has 0 saturated carbocycles. The van der Waals surface area contributed by atoms with Crippen LogP contribution in [0.4, 0.5) is 5.69 Å². The van der Waals surface area contributed by atoms with Crippen LogP contribution in [0.15, 0.2) is 24.3 Å². The van der Waals surface area contributed by atoms with Gasteiger partial charge in [0.1, 0.15) is 0 Å². The molecule has 1 amide bonds. The molecule has 1 rings (SSSR count). The highest BCUT2D eigenvalue weighted by Gasteiger charge is 2.14. The molecule has 0 bridgehead atoms. The van der Waals surface area contributed by atoms with Gasteiger partial charge in [-0.05, 0) is 19.1 Å². The maximum Gasteiger partial charge on any atom is 0.340 e. The second kappa shape index (κ2) is 6.28. The van der Waals surface area contributed by atoms with Gasteiger partial charge in [0.15, 0.2) is 0 Å². The molecule has 0 heterocycles. The van der Waals surface area contributed by atoms with E-state index in [1.807, 2.05) is 0 Å². The zero-order valence-corrected chi connectivity index (χ0v) is 9.40. The minimum Gasteiger partial charge on any atom is -0.462 e. The minimum absolute atomic E-state index is 0.267. The smallest absolute Gasteiger partial charge is 0.340 e. The molecule has 0 aliphatic carbocycles. The molecule has 5 heteroatoms. The second-order valence-electron chi connectivity index (χ2n) is 3.13. The van der Waals surface area contributed by atoms with Gasteiger partial charge < -0.3 is 14.9 Å². The first-order valence-electron chi connectivity index (χ1n) is 5.08. The predicted molar refractivity (Wildman–Crippen MR) is 62.5 cm³/mol. The lowest BCUT2D eigenvalue weighted by Crippen LogP contribution is -2.17. The maximum atomic E-state index is 11.6. The number of carbonyl (C=O) groups excluding carboxylic acids is 2. The van der Waals surface area contributed by atoms with E-state index in [2.05, 4.69) is 10.2 Å². The summed E-state index contributed by atoms with van der Waals surface area (Å²) >= 11 is 0. The fraction of sp³-hybridized carbons (Fsp3) is 0.250. The van der Waals surface area contributed by atoms with E-state index in [4.69, 9.17) is 11.3 Å². The molecule has 0 saturated heterocycles. The summed E-state index contributed by atoms with van der Waals surface area (Å²) in [6, 6.07) is 6.52. The van der Waals surface area contributed by atoms with E-state index in [1.165, 1.54) is 0 Å². The van der Waals surface area contributed by atoms with Crippen molar-refractivity contribution in [2.24, 2.45) is 0 Å². The number of benzene rings is 1. The Hall–Kier alpha value is -2.35. The highest BCUT2D eigenvalue weighted by Crippen LogP contribution is 2.16. The van der Waals surface area contributed by atoms with E-state index < -0.39 is 11.9 Å². The number of hydrogen-bond acceptors (Lipinski definition) is 3. The number of carbonyl (C=O) groups is 2. The van der Waals surface area contributed by atoms with Crippen molar-refractivity contribution in [3.63, 3.8) is 0 Å². The van der Waals surface area contributed by atoms with Crippen LogP contribution in [0.1, 0.15) is 17.3 Å². The molecule has 0 spiro atoms. The van der Waals surface area contributed by atoms with Crippen LogP contribution in [-0.4, -0.2) is 25.0 Å². The van der Waals surface area contributed by atoms with E-state index in [9.17, 15) is 9.59 Å². The predicted octanol–water partition coefficient (Wildman–Crippen LogP) is 1.72. The Morgan fingerprint density at radius 1 is 1.41 bits per heavy atom. The average molecular weight is 232 g/mol. The second-order valence-corrected chi connectivity index (χ2v) is 3.13. The zero-order valence-electron chi connectivity index (χ0n) is 9.40. The van der Waals surface area contributed by atoms with Gasteiger partial charge in [-0.15, -0.1) is 0 Å². The van der Waals surface area contributed by atoms with Crippen LogP contribution < -0.4 is 5.32 Å². The Bertz CT molecular complexity index is 463. The first kappa shape index (κ1) is 12.7. The number of ether oxygens (including phenoxy) is 1. The van der Waals surface area contributed by atoms with Crippen molar-refractivity contribution in [3.05, 3.63) is 41.2 Å². The van der Waals surface area contributed by atoms with Crippen LogP contribution in [-0.2, 0) is 9.53 Å². The number of esters is 1. The van der Waals surface area contributed by atoms with Gasteiger partial charge in [-0.1, -0.05) is 12.1 Å². The average Bonchev–Trinajstić information content (AvgIpc) is 2.30. The first-order valence-corrected chi connectivity index (χ1v) is 5.08. The van der Waals surface area contributed by atoms with Crippen molar-refractivity contribution in [1.82, 2.24) is 0 Å². The Morgan fingerprint density at radius 2 is 2.12 bits per heavy atom. The zero-order chi connectivity index (χ0) is 12.7. The van der Waals surface area contributed by atoms with Crippen molar-refractivity contribution in [3.8, 4) is 0 Å². The van der Waals surface area contributed by atoms with Gasteiger partial charge in [0, 0.05) is 0 Å². The van der Waals surface area contributed by atoms with E-state index in [-0.39, 0.29) is 18.7 Å². The highest BCUT2D eigenvalue weighted by molar-refractivity contribution is 6.02. The van der Waals surface area contributed by atoms with Crippen LogP contribution in [0.5, 0.6) is 0 Å². The molecular formula is C12H12N2O3. The van der Waals surface area contributed by atoms with Crippen molar-refractivity contribution in [2.45, 2.75) is 6.92 Å². The number of nitrogens with one attached hydrogen (secondary N) is 1. The van der Waals surface area contributed by atoms with Crippen LogP contribution in [0.3, 0.4) is 0 Å². The topological polar surface area (TPSA) is 59.8 Å². The lowest BCUT2D eigenvalue weighted by atomic mass is 10.2. The standard InChI is InChI=1S/C12H12N2O3/c1-3-17-12(16)9-6-4-5-7-10(9)14-11(15)8-13-2/h4-7H,3,8H2,1H3,(H,14,15).